The summed E-state index contributed by atoms with van der Waals surface area (Å²) in [7, 11) is 0. The minimum absolute atomic E-state index is 0.579. The van der Waals surface area contributed by atoms with Crippen LogP contribution in [0.25, 0.3) is 0 Å². The standard InChI is InChI=1S/C15H24N2S/c1-11(2)17-9-5-6-14(17)13-7-8-15(16-10-13)18-12(3)4/h7-8,10-12,14H,5-6,9H2,1-4H3/t14-/m0/s1. The second-order valence-electron chi connectivity index (χ2n) is 5.59. The number of hydrogen-bond acceptors (Lipinski definition) is 3. The van der Waals surface area contributed by atoms with Crippen molar-refractivity contribution in [2.75, 3.05) is 6.54 Å². The molecule has 1 aliphatic heterocycles. The van der Waals surface area contributed by atoms with Crippen molar-refractivity contribution in [1.82, 2.24) is 9.88 Å². The van der Waals surface area contributed by atoms with E-state index in [0.717, 1.165) is 5.03 Å². The molecule has 0 spiro atoms. The molecule has 0 radical (unpaired) electrons. The largest absolute Gasteiger partial charge is 0.294 e. The smallest absolute Gasteiger partial charge is 0.0962 e. The first-order valence-electron chi connectivity index (χ1n) is 6.96. The van der Waals surface area contributed by atoms with Crippen molar-refractivity contribution in [1.29, 1.82) is 0 Å². The number of nitrogens with zero attached hydrogens (tertiary/aromatic N) is 2. The molecule has 2 rings (SSSR count). The number of pyridine rings is 1. The van der Waals surface area contributed by atoms with Crippen molar-refractivity contribution >= 4 is 11.8 Å². The van der Waals surface area contributed by atoms with Crippen molar-refractivity contribution in [2.24, 2.45) is 0 Å². The van der Waals surface area contributed by atoms with E-state index < -0.39 is 0 Å². The van der Waals surface area contributed by atoms with Gasteiger partial charge in [0.15, 0.2) is 0 Å². The van der Waals surface area contributed by atoms with Crippen LogP contribution in [-0.4, -0.2) is 27.7 Å². The number of thioether (sulfide) groups is 1. The molecular weight excluding hydrogens is 240 g/mol. The van der Waals surface area contributed by atoms with E-state index in [2.05, 4.69) is 55.9 Å². The molecule has 100 valence electrons. The first kappa shape index (κ1) is 13.9. The molecule has 0 saturated carbocycles. The average molecular weight is 264 g/mol. The molecule has 2 nitrogen and oxygen atoms in total. The first-order valence-corrected chi connectivity index (χ1v) is 7.84. The molecule has 0 N–H and O–H groups in total. The highest BCUT2D eigenvalue weighted by atomic mass is 32.2. The van der Waals surface area contributed by atoms with E-state index in [0.29, 0.717) is 17.3 Å². The molecule has 3 heteroatoms. The van der Waals surface area contributed by atoms with Crippen LogP contribution in [0.5, 0.6) is 0 Å². The Balaban J connectivity index is 2.09. The van der Waals surface area contributed by atoms with Crippen molar-refractivity contribution in [2.45, 2.75) is 62.9 Å². The third-order valence-corrected chi connectivity index (χ3v) is 4.41. The number of hydrogen-bond donors (Lipinski definition) is 0. The van der Waals surface area contributed by atoms with Crippen LogP contribution >= 0.6 is 11.8 Å². The fraction of sp³-hybridized carbons (Fsp3) is 0.667. The van der Waals surface area contributed by atoms with Crippen LogP contribution in [-0.2, 0) is 0 Å². The van der Waals surface area contributed by atoms with E-state index in [1.165, 1.54) is 24.9 Å². The molecule has 1 saturated heterocycles. The zero-order valence-corrected chi connectivity index (χ0v) is 12.7. The van der Waals surface area contributed by atoms with Crippen LogP contribution in [0.1, 0.15) is 52.1 Å². The van der Waals surface area contributed by atoms with Gasteiger partial charge in [0, 0.05) is 23.5 Å². The maximum absolute atomic E-state index is 4.59. The summed E-state index contributed by atoms with van der Waals surface area (Å²) in [5.41, 5.74) is 1.38. The van der Waals surface area contributed by atoms with Crippen molar-refractivity contribution < 1.29 is 0 Å². The Morgan fingerprint density at radius 1 is 1.28 bits per heavy atom. The molecule has 0 bridgehead atoms. The molecule has 1 aliphatic rings. The van der Waals surface area contributed by atoms with Crippen LogP contribution in [0.15, 0.2) is 23.4 Å². The zero-order valence-electron chi connectivity index (χ0n) is 11.9. The Morgan fingerprint density at radius 2 is 2.06 bits per heavy atom. The van der Waals surface area contributed by atoms with Gasteiger partial charge in [0.05, 0.1) is 5.03 Å². The van der Waals surface area contributed by atoms with Crippen molar-refractivity contribution in [3.05, 3.63) is 23.9 Å². The van der Waals surface area contributed by atoms with Gasteiger partial charge in [-0.1, -0.05) is 19.9 Å². The summed E-state index contributed by atoms with van der Waals surface area (Å²) in [5, 5.41) is 1.74. The van der Waals surface area contributed by atoms with Gasteiger partial charge in [-0.05, 0) is 44.9 Å². The monoisotopic (exact) mass is 264 g/mol. The van der Waals surface area contributed by atoms with Gasteiger partial charge in [0.25, 0.3) is 0 Å². The Hall–Kier alpha value is -0.540. The van der Waals surface area contributed by atoms with Gasteiger partial charge in [-0.2, -0.15) is 0 Å². The lowest BCUT2D eigenvalue weighted by molar-refractivity contribution is 0.205. The summed E-state index contributed by atoms with van der Waals surface area (Å²) < 4.78 is 0. The van der Waals surface area contributed by atoms with Gasteiger partial charge >= 0.3 is 0 Å². The maximum atomic E-state index is 4.59. The highest BCUT2D eigenvalue weighted by molar-refractivity contribution is 7.99. The number of aromatic nitrogens is 1. The summed E-state index contributed by atoms with van der Waals surface area (Å²) >= 11 is 1.83. The Kier molecular flexibility index (Phi) is 4.68. The summed E-state index contributed by atoms with van der Waals surface area (Å²) in [6, 6.07) is 5.65. The quantitative estimate of drug-likeness (QED) is 0.761. The molecule has 0 amide bonds. The second-order valence-corrected chi connectivity index (χ2v) is 7.18. The lowest BCUT2D eigenvalue weighted by Gasteiger charge is -2.28. The fourth-order valence-electron chi connectivity index (χ4n) is 2.67. The Labute approximate surface area is 115 Å². The number of rotatable bonds is 4. The minimum atomic E-state index is 0.579. The van der Waals surface area contributed by atoms with E-state index >= 15 is 0 Å². The van der Waals surface area contributed by atoms with Crippen LogP contribution < -0.4 is 0 Å². The third kappa shape index (κ3) is 3.27. The van der Waals surface area contributed by atoms with Gasteiger partial charge in [0.2, 0.25) is 0 Å². The molecule has 1 aromatic rings. The van der Waals surface area contributed by atoms with E-state index in [4.69, 9.17) is 0 Å². The van der Waals surface area contributed by atoms with Gasteiger partial charge < -0.3 is 0 Å². The molecule has 0 aliphatic carbocycles. The lowest BCUT2D eigenvalue weighted by atomic mass is 10.1. The number of likely N-dealkylation sites (tertiary alicyclic amines) is 1. The minimum Gasteiger partial charge on any atom is -0.294 e. The topological polar surface area (TPSA) is 16.1 Å². The normalized spacial score (nSPS) is 21.1. The average Bonchev–Trinajstić information content (AvgIpc) is 2.78. The molecule has 1 fully saturated rings. The Bertz CT molecular complexity index is 373. The van der Waals surface area contributed by atoms with E-state index in [-0.39, 0.29) is 0 Å². The molecular formula is C15H24N2S. The van der Waals surface area contributed by atoms with Gasteiger partial charge in [-0.15, -0.1) is 11.8 Å². The first-order chi connectivity index (χ1) is 8.58. The molecule has 1 aromatic heterocycles. The van der Waals surface area contributed by atoms with Crippen molar-refractivity contribution in [3.63, 3.8) is 0 Å². The SMILES string of the molecule is CC(C)Sc1ccc([C@@H]2CCCN2C(C)C)cn1. The summed E-state index contributed by atoms with van der Waals surface area (Å²) in [5.74, 6) is 0. The lowest BCUT2D eigenvalue weighted by Crippen LogP contribution is -2.30. The fourth-order valence-corrected chi connectivity index (χ4v) is 3.41. The van der Waals surface area contributed by atoms with Crippen LogP contribution in [0, 0.1) is 0 Å². The molecule has 2 heterocycles. The third-order valence-electron chi connectivity index (χ3n) is 3.46. The van der Waals surface area contributed by atoms with Crippen molar-refractivity contribution in [3.8, 4) is 0 Å². The maximum Gasteiger partial charge on any atom is 0.0962 e. The zero-order chi connectivity index (χ0) is 13.1. The summed E-state index contributed by atoms with van der Waals surface area (Å²) in [4.78, 5) is 7.18. The summed E-state index contributed by atoms with van der Waals surface area (Å²) in [6.07, 6.45) is 4.66. The Morgan fingerprint density at radius 3 is 2.61 bits per heavy atom. The van der Waals surface area contributed by atoms with Gasteiger partial charge in [-0.3, -0.25) is 4.90 Å². The molecule has 0 unspecified atom stereocenters. The van der Waals surface area contributed by atoms with E-state index in [1.54, 1.807) is 0 Å². The van der Waals surface area contributed by atoms with E-state index in [1.807, 2.05) is 11.8 Å². The highest BCUT2D eigenvalue weighted by Gasteiger charge is 2.27. The van der Waals surface area contributed by atoms with Gasteiger partial charge in [0.1, 0.15) is 0 Å². The van der Waals surface area contributed by atoms with E-state index in [9.17, 15) is 0 Å². The van der Waals surface area contributed by atoms with Crippen LogP contribution in [0.4, 0.5) is 0 Å². The van der Waals surface area contributed by atoms with Crippen LogP contribution in [0.2, 0.25) is 0 Å². The van der Waals surface area contributed by atoms with Gasteiger partial charge in [-0.25, -0.2) is 4.98 Å². The predicted octanol–water partition coefficient (Wildman–Crippen LogP) is 4.13. The second kappa shape index (κ2) is 6.07. The highest BCUT2D eigenvalue weighted by Crippen LogP contribution is 2.33. The molecule has 1 atom stereocenters. The predicted molar refractivity (Wildman–Crippen MR) is 79.0 cm³/mol. The molecule has 0 aromatic carbocycles. The molecule has 18 heavy (non-hydrogen) atoms. The van der Waals surface area contributed by atoms with Crippen LogP contribution in [0.3, 0.4) is 0 Å². The summed E-state index contributed by atoms with van der Waals surface area (Å²) in [6.45, 7) is 10.2.